The Morgan fingerprint density at radius 3 is 2.50 bits per heavy atom. The average Bonchev–Trinajstić information content (AvgIpc) is 2.99. The first kappa shape index (κ1) is 16.1. The average molecular weight is 335 g/mol. The predicted molar refractivity (Wildman–Crippen MR) is 98.5 cm³/mol. The smallest absolute Gasteiger partial charge is 0.266 e. The minimum absolute atomic E-state index is 0.297. The van der Waals surface area contributed by atoms with Gasteiger partial charge in [0.25, 0.3) is 5.91 Å². The Morgan fingerprint density at radius 2 is 1.79 bits per heavy atom. The predicted octanol–water partition coefficient (Wildman–Crippen LogP) is 4.19. The van der Waals surface area contributed by atoms with E-state index in [1.165, 1.54) is 16.9 Å². The number of aryl methyl sites for hydroxylation is 2. The highest BCUT2D eigenvalue weighted by Crippen LogP contribution is 2.27. The fraction of sp³-hybridized carbons (Fsp3) is 0.105. The van der Waals surface area contributed by atoms with Crippen molar-refractivity contribution in [2.75, 3.05) is 0 Å². The van der Waals surface area contributed by atoms with E-state index in [-0.39, 0.29) is 5.91 Å². The minimum Gasteiger partial charge on any atom is -0.266 e. The van der Waals surface area contributed by atoms with Crippen LogP contribution in [0.1, 0.15) is 26.5 Å². The Balaban J connectivity index is 1.71. The number of nitrogens with one attached hydrogen (secondary N) is 1. The summed E-state index contributed by atoms with van der Waals surface area (Å²) >= 11 is 1.50. The molecule has 0 bridgehead atoms. The monoisotopic (exact) mass is 335 g/mol. The highest BCUT2D eigenvalue weighted by Gasteiger charge is 2.15. The lowest BCUT2D eigenvalue weighted by Gasteiger charge is -1.98. The van der Waals surface area contributed by atoms with E-state index in [0.29, 0.717) is 5.69 Å². The number of benzene rings is 2. The van der Waals surface area contributed by atoms with Gasteiger partial charge in [-0.15, -0.1) is 11.3 Å². The van der Waals surface area contributed by atoms with Crippen LogP contribution in [0.2, 0.25) is 0 Å². The van der Waals surface area contributed by atoms with Crippen molar-refractivity contribution in [1.29, 1.82) is 0 Å². The van der Waals surface area contributed by atoms with Crippen LogP contribution in [0.25, 0.3) is 10.6 Å². The number of rotatable bonds is 4. The largest absolute Gasteiger partial charge is 0.291 e. The first-order valence-electron chi connectivity index (χ1n) is 7.56. The van der Waals surface area contributed by atoms with Gasteiger partial charge in [-0.2, -0.15) is 5.10 Å². The van der Waals surface area contributed by atoms with Crippen LogP contribution in [0, 0.1) is 13.8 Å². The minimum atomic E-state index is -0.297. The molecular weight excluding hydrogens is 318 g/mol. The Kier molecular flexibility index (Phi) is 4.82. The molecule has 1 N–H and O–H groups in total. The first-order chi connectivity index (χ1) is 11.6. The summed E-state index contributed by atoms with van der Waals surface area (Å²) in [5, 5.41) is 4.84. The van der Waals surface area contributed by atoms with Crippen molar-refractivity contribution in [3.05, 3.63) is 76.3 Å². The molecule has 2 aromatic carbocycles. The molecule has 0 radical (unpaired) electrons. The number of aromatic nitrogens is 1. The number of carbonyl (C=O) groups excluding carboxylic acids is 1. The summed E-state index contributed by atoms with van der Waals surface area (Å²) in [6.45, 7) is 3.92. The molecular formula is C19H17N3OS. The van der Waals surface area contributed by atoms with E-state index in [9.17, 15) is 4.79 Å². The first-order valence-corrected chi connectivity index (χ1v) is 8.38. The summed E-state index contributed by atoms with van der Waals surface area (Å²) in [6, 6.07) is 17.7. The zero-order valence-electron chi connectivity index (χ0n) is 13.5. The molecule has 3 rings (SSSR count). The molecule has 4 nitrogen and oxygen atoms in total. The Hall–Kier alpha value is -2.79. The fourth-order valence-electron chi connectivity index (χ4n) is 2.18. The topological polar surface area (TPSA) is 54.4 Å². The van der Waals surface area contributed by atoms with E-state index in [1.54, 1.807) is 6.21 Å². The Morgan fingerprint density at radius 1 is 1.08 bits per heavy atom. The third-order valence-corrected chi connectivity index (χ3v) is 4.51. The highest BCUT2D eigenvalue weighted by molar-refractivity contribution is 7.15. The van der Waals surface area contributed by atoms with E-state index in [2.05, 4.69) is 15.5 Å². The summed E-state index contributed by atoms with van der Waals surface area (Å²) < 4.78 is 0. The number of nitrogens with zero attached hydrogens (tertiary/aromatic N) is 2. The van der Waals surface area contributed by atoms with Crippen molar-refractivity contribution >= 4 is 23.5 Å². The number of carbonyl (C=O) groups is 1. The van der Waals surface area contributed by atoms with Gasteiger partial charge in [0.2, 0.25) is 0 Å². The molecule has 1 aromatic heterocycles. The molecule has 1 amide bonds. The second-order valence-corrected chi connectivity index (χ2v) is 6.60. The molecule has 120 valence electrons. The molecule has 24 heavy (non-hydrogen) atoms. The van der Waals surface area contributed by atoms with Gasteiger partial charge in [-0.1, -0.05) is 60.2 Å². The second-order valence-electron chi connectivity index (χ2n) is 5.40. The molecule has 0 aliphatic carbocycles. The van der Waals surface area contributed by atoms with Gasteiger partial charge in [-0.3, -0.25) is 4.79 Å². The van der Waals surface area contributed by atoms with Gasteiger partial charge in [0, 0.05) is 10.4 Å². The highest BCUT2D eigenvalue weighted by atomic mass is 32.1. The molecule has 5 heteroatoms. The zero-order valence-corrected chi connectivity index (χ0v) is 14.3. The summed E-state index contributed by atoms with van der Waals surface area (Å²) in [5.41, 5.74) is 6.08. The maximum atomic E-state index is 12.3. The quantitative estimate of drug-likeness (QED) is 0.574. The van der Waals surface area contributed by atoms with Crippen LogP contribution in [-0.2, 0) is 0 Å². The third-order valence-electron chi connectivity index (χ3n) is 3.49. The van der Waals surface area contributed by atoms with Crippen LogP contribution in [-0.4, -0.2) is 17.1 Å². The van der Waals surface area contributed by atoms with Crippen molar-refractivity contribution < 1.29 is 4.79 Å². The summed E-state index contributed by atoms with van der Waals surface area (Å²) in [7, 11) is 0. The number of hydrogen-bond donors (Lipinski definition) is 1. The van der Waals surface area contributed by atoms with Gasteiger partial charge in [0.1, 0.15) is 10.7 Å². The molecule has 0 saturated heterocycles. The number of hydrazone groups is 1. The van der Waals surface area contributed by atoms with E-state index in [1.807, 2.05) is 68.4 Å². The van der Waals surface area contributed by atoms with Gasteiger partial charge in [-0.25, -0.2) is 10.4 Å². The van der Waals surface area contributed by atoms with Crippen LogP contribution in [0.5, 0.6) is 0 Å². The standard InChI is InChI=1S/C19H17N3OS/c1-13-8-10-15(11-9-13)12-20-22-18(23)17-14(2)24-19(21-17)16-6-4-3-5-7-16/h3-12H,1-2H3,(H,22,23)/b20-12-. The fourth-order valence-corrected chi connectivity index (χ4v) is 3.10. The third kappa shape index (κ3) is 3.75. The van der Waals surface area contributed by atoms with Crippen LogP contribution < -0.4 is 5.43 Å². The SMILES string of the molecule is Cc1ccc(/C=N\NC(=O)c2nc(-c3ccccc3)sc2C)cc1. The van der Waals surface area contributed by atoms with Crippen molar-refractivity contribution in [3.63, 3.8) is 0 Å². The molecule has 3 aromatic rings. The van der Waals surface area contributed by atoms with Crippen molar-refractivity contribution in [2.24, 2.45) is 5.10 Å². The molecule has 0 aliphatic rings. The van der Waals surface area contributed by atoms with Crippen LogP contribution >= 0.6 is 11.3 Å². The number of thiazole rings is 1. The van der Waals surface area contributed by atoms with E-state index in [0.717, 1.165) is 21.0 Å². The van der Waals surface area contributed by atoms with Gasteiger partial charge in [-0.05, 0) is 19.4 Å². The van der Waals surface area contributed by atoms with Gasteiger partial charge < -0.3 is 0 Å². The Labute approximate surface area is 144 Å². The molecule has 0 atom stereocenters. The number of hydrogen-bond acceptors (Lipinski definition) is 4. The molecule has 0 spiro atoms. The maximum Gasteiger partial charge on any atom is 0.291 e. The van der Waals surface area contributed by atoms with E-state index in [4.69, 9.17) is 0 Å². The van der Waals surface area contributed by atoms with Gasteiger partial charge in [0.15, 0.2) is 0 Å². The van der Waals surface area contributed by atoms with Crippen molar-refractivity contribution in [1.82, 2.24) is 10.4 Å². The summed E-state index contributed by atoms with van der Waals surface area (Å²) in [4.78, 5) is 17.6. The van der Waals surface area contributed by atoms with Gasteiger partial charge in [0.05, 0.1) is 6.21 Å². The molecule has 1 heterocycles. The van der Waals surface area contributed by atoms with Crippen LogP contribution in [0.3, 0.4) is 0 Å². The molecule has 0 saturated carbocycles. The zero-order chi connectivity index (χ0) is 16.9. The second kappa shape index (κ2) is 7.19. The Bertz CT molecular complexity index is 867. The van der Waals surface area contributed by atoms with Crippen LogP contribution in [0.15, 0.2) is 59.7 Å². The normalized spacial score (nSPS) is 10.9. The molecule has 0 aliphatic heterocycles. The molecule has 0 unspecified atom stereocenters. The van der Waals surface area contributed by atoms with Crippen LogP contribution in [0.4, 0.5) is 0 Å². The van der Waals surface area contributed by atoms with Gasteiger partial charge >= 0.3 is 0 Å². The molecule has 0 fully saturated rings. The lowest BCUT2D eigenvalue weighted by Crippen LogP contribution is -2.18. The summed E-state index contributed by atoms with van der Waals surface area (Å²) in [5.74, 6) is -0.297. The van der Waals surface area contributed by atoms with E-state index >= 15 is 0 Å². The van der Waals surface area contributed by atoms with E-state index < -0.39 is 0 Å². The number of amides is 1. The lowest BCUT2D eigenvalue weighted by atomic mass is 10.2. The lowest BCUT2D eigenvalue weighted by molar-refractivity contribution is 0.0950. The maximum absolute atomic E-state index is 12.3. The summed E-state index contributed by atoms with van der Waals surface area (Å²) in [6.07, 6.45) is 1.62. The van der Waals surface area contributed by atoms with Crippen molar-refractivity contribution in [2.45, 2.75) is 13.8 Å². The van der Waals surface area contributed by atoms with Crippen molar-refractivity contribution in [3.8, 4) is 10.6 Å².